The van der Waals surface area contributed by atoms with Crippen molar-refractivity contribution in [1.29, 1.82) is 0 Å². The van der Waals surface area contributed by atoms with Crippen molar-refractivity contribution in [2.75, 3.05) is 27.2 Å². The summed E-state index contributed by atoms with van der Waals surface area (Å²) in [7, 11) is 3.56. The van der Waals surface area contributed by atoms with Crippen molar-refractivity contribution in [3.05, 3.63) is 29.3 Å². The molecule has 0 saturated carbocycles. The summed E-state index contributed by atoms with van der Waals surface area (Å²) in [6, 6.07) is 6.28. The van der Waals surface area contributed by atoms with E-state index in [1.165, 1.54) is 12.0 Å². The lowest BCUT2D eigenvalue weighted by Crippen LogP contribution is -2.40. The maximum Gasteiger partial charge on any atom is 0.193 e. The summed E-state index contributed by atoms with van der Waals surface area (Å²) in [6.07, 6.45) is 1.22. The number of hydrogen-bond acceptors (Lipinski definition) is 2. The Morgan fingerprint density at radius 2 is 2.19 bits per heavy atom. The molecule has 0 atom stereocenters. The van der Waals surface area contributed by atoms with Crippen molar-refractivity contribution < 1.29 is 4.74 Å². The Balaban J connectivity index is 1.96. The molecule has 2 rings (SSSR count). The van der Waals surface area contributed by atoms with Crippen LogP contribution in [0.25, 0.3) is 0 Å². The molecule has 4 heteroatoms. The third-order valence-corrected chi connectivity index (χ3v) is 4.10. The first kappa shape index (κ1) is 15.7. The molecule has 1 aromatic carbocycles. The minimum Gasteiger partial charge on any atom is -0.496 e. The lowest BCUT2D eigenvalue weighted by atomic mass is 9.93. The molecule has 1 aliphatic rings. The molecule has 0 spiro atoms. The fraction of sp³-hybridized carbons (Fsp3) is 0.588. The minimum atomic E-state index is 0.383. The molecule has 116 valence electrons. The van der Waals surface area contributed by atoms with Crippen molar-refractivity contribution in [3.63, 3.8) is 0 Å². The molecule has 0 aromatic heterocycles. The summed E-state index contributed by atoms with van der Waals surface area (Å²) in [4.78, 5) is 6.76. The zero-order valence-electron chi connectivity index (χ0n) is 13.9. The molecule has 0 bridgehead atoms. The minimum absolute atomic E-state index is 0.383. The van der Waals surface area contributed by atoms with E-state index in [2.05, 4.69) is 48.1 Å². The summed E-state index contributed by atoms with van der Waals surface area (Å²) in [5, 5.41) is 3.47. The Morgan fingerprint density at radius 1 is 1.43 bits per heavy atom. The normalized spacial score (nSPS) is 18.0. The molecule has 4 nitrogen and oxygen atoms in total. The Hall–Kier alpha value is -1.71. The smallest absolute Gasteiger partial charge is 0.193 e. The van der Waals surface area contributed by atoms with Gasteiger partial charge in [-0.2, -0.15) is 0 Å². The van der Waals surface area contributed by atoms with E-state index < -0.39 is 0 Å². The van der Waals surface area contributed by atoms with Gasteiger partial charge in [-0.25, -0.2) is 0 Å². The largest absolute Gasteiger partial charge is 0.496 e. The SMILES string of the molecule is CN=C(NCc1ccc(OC)c(C)c1)N1CCC(C)(C)C1. The first-order valence-corrected chi connectivity index (χ1v) is 7.54. The molecule has 1 N–H and O–H groups in total. The maximum atomic E-state index is 5.30. The molecule has 1 fully saturated rings. The van der Waals surface area contributed by atoms with Crippen LogP contribution in [0.2, 0.25) is 0 Å². The number of nitrogens with zero attached hydrogens (tertiary/aromatic N) is 2. The van der Waals surface area contributed by atoms with Crippen molar-refractivity contribution in [2.45, 2.75) is 33.7 Å². The zero-order chi connectivity index (χ0) is 15.5. The first-order valence-electron chi connectivity index (χ1n) is 7.54. The number of benzene rings is 1. The van der Waals surface area contributed by atoms with E-state index in [0.717, 1.165) is 36.9 Å². The molecule has 1 aromatic rings. The maximum absolute atomic E-state index is 5.30. The van der Waals surface area contributed by atoms with Gasteiger partial charge in [0.05, 0.1) is 7.11 Å². The summed E-state index contributed by atoms with van der Waals surface area (Å²) in [5.74, 6) is 1.93. The van der Waals surface area contributed by atoms with E-state index in [4.69, 9.17) is 4.74 Å². The standard InChI is InChI=1S/C17H27N3O/c1-13-10-14(6-7-15(13)21-5)11-19-16(18-4)20-9-8-17(2,3)12-20/h6-7,10H,8-9,11-12H2,1-5H3,(H,18,19). The highest BCUT2D eigenvalue weighted by atomic mass is 16.5. The monoisotopic (exact) mass is 289 g/mol. The average Bonchev–Trinajstić information content (AvgIpc) is 2.80. The second-order valence-electron chi connectivity index (χ2n) is 6.54. The summed E-state index contributed by atoms with van der Waals surface area (Å²) in [6.45, 7) is 9.62. The van der Waals surface area contributed by atoms with Gasteiger partial charge in [0.2, 0.25) is 0 Å². The quantitative estimate of drug-likeness (QED) is 0.687. The van der Waals surface area contributed by atoms with E-state index in [0.29, 0.717) is 5.41 Å². The van der Waals surface area contributed by atoms with Gasteiger partial charge >= 0.3 is 0 Å². The lowest BCUT2D eigenvalue weighted by molar-refractivity contribution is 0.370. The van der Waals surface area contributed by atoms with Gasteiger partial charge in [0.1, 0.15) is 5.75 Å². The second-order valence-corrected chi connectivity index (χ2v) is 6.54. The van der Waals surface area contributed by atoms with Crippen molar-refractivity contribution in [3.8, 4) is 5.75 Å². The number of guanidine groups is 1. The van der Waals surface area contributed by atoms with Gasteiger partial charge in [-0.05, 0) is 36.0 Å². The first-order chi connectivity index (χ1) is 9.95. The van der Waals surface area contributed by atoms with Gasteiger partial charge < -0.3 is 15.0 Å². The molecule has 21 heavy (non-hydrogen) atoms. The van der Waals surface area contributed by atoms with Gasteiger partial charge in [0.25, 0.3) is 0 Å². The van der Waals surface area contributed by atoms with Crippen LogP contribution < -0.4 is 10.1 Å². The van der Waals surface area contributed by atoms with E-state index in [-0.39, 0.29) is 0 Å². The molecular formula is C17H27N3O. The van der Waals surface area contributed by atoms with Gasteiger partial charge in [-0.3, -0.25) is 4.99 Å². The van der Waals surface area contributed by atoms with E-state index in [9.17, 15) is 0 Å². The second kappa shape index (κ2) is 6.37. The third-order valence-electron chi connectivity index (χ3n) is 4.10. The Morgan fingerprint density at radius 3 is 2.71 bits per heavy atom. The third kappa shape index (κ3) is 3.90. The highest BCUT2D eigenvalue weighted by Gasteiger charge is 2.30. The van der Waals surface area contributed by atoms with Crippen LogP contribution in [-0.4, -0.2) is 38.1 Å². The molecule has 1 saturated heterocycles. The summed E-state index contributed by atoms with van der Waals surface area (Å²) >= 11 is 0. The van der Waals surface area contributed by atoms with Crippen molar-refractivity contribution in [1.82, 2.24) is 10.2 Å². The summed E-state index contributed by atoms with van der Waals surface area (Å²) < 4.78 is 5.30. The fourth-order valence-corrected chi connectivity index (χ4v) is 2.86. The number of aliphatic imine (C=N–C) groups is 1. The highest BCUT2D eigenvalue weighted by molar-refractivity contribution is 5.80. The van der Waals surface area contributed by atoms with Crippen LogP contribution in [0.1, 0.15) is 31.4 Å². The Kier molecular flexibility index (Phi) is 4.76. The number of rotatable bonds is 3. The van der Waals surface area contributed by atoms with Gasteiger partial charge in [0.15, 0.2) is 5.96 Å². The van der Waals surface area contributed by atoms with Crippen LogP contribution in [0.15, 0.2) is 23.2 Å². The average molecular weight is 289 g/mol. The number of ether oxygens (including phenoxy) is 1. The van der Waals surface area contributed by atoms with Crippen molar-refractivity contribution >= 4 is 5.96 Å². The van der Waals surface area contributed by atoms with Gasteiger partial charge in [-0.1, -0.05) is 26.0 Å². The molecule has 0 amide bonds. The molecular weight excluding hydrogens is 262 g/mol. The fourth-order valence-electron chi connectivity index (χ4n) is 2.86. The number of hydrogen-bond donors (Lipinski definition) is 1. The van der Waals surface area contributed by atoms with Crippen LogP contribution >= 0.6 is 0 Å². The molecule has 0 unspecified atom stereocenters. The number of likely N-dealkylation sites (tertiary alicyclic amines) is 1. The van der Waals surface area contributed by atoms with Crippen LogP contribution in [0.4, 0.5) is 0 Å². The van der Waals surface area contributed by atoms with E-state index in [1.54, 1.807) is 7.11 Å². The molecule has 1 aliphatic heterocycles. The Bertz CT molecular complexity index is 523. The summed E-state index contributed by atoms with van der Waals surface area (Å²) in [5.41, 5.74) is 2.79. The van der Waals surface area contributed by atoms with Gasteiger partial charge in [0, 0.05) is 26.7 Å². The number of aryl methyl sites for hydroxylation is 1. The van der Waals surface area contributed by atoms with Crippen LogP contribution in [0.3, 0.4) is 0 Å². The van der Waals surface area contributed by atoms with Gasteiger partial charge in [-0.15, -0.1) is 0 Å². The number of methoxy groups -OCH3 is 1. The predicted octanol–water partition coefficient (Wildman–Crippen LogP) is 2.81. The molecule has 0 radical (unpaired) electrons. The van der Waals surface area contributed by atoms with E-state index >= 15 is 0 Å². The zero-order valence-corrected chi connectivity index (χ0v) is 13.9. The van der Waals surface area contributed by atoms with E-state index in [1.807, 2.05) is 13.1 Å². The van der Waals surface area contributed by atoms with Crippen LogP contribution in [-0.2, 0) is 6.54 Å². The topological polar surface area (TPSA) is 36.9 Å². The van der Waals surface area contributed by atoms with Crippen LogP contribution in [0.5, 0.6) is 5.75 Å². The predicted molar refractivity (Wildman–Crippen MR) is 87.9 cm³/mol. The van der Waals surface area contributed by atoms with Crippen molar-refractivity contribution in [2.24, 2.45) is 10.4 Å². The number of nitrogens with one attached hydrogen (secondary N) is 1. The van der Waals surface area contributed by atoms with Crippen LogP contribution in [0, 0.1) is 12.3 Å². The molecule has 1 heterocycles. The Labute approximate surface area is 128 Å². The molecule has 0 aliphatic carbocycles. The lowest BCUT2D eigenvalue weighted by Gasteiger charge is -2.23. The highest BCUT2D eigenvalue weighted by Crippen LogP contribution is 2.28.